The number of halogens is 5. The molecule has 14 heteroatoms. The van der Waals surface area contributed by atoms with E-state index in [0.29, 0.717) is 18.2 Å². The van der Waals surface area contributed by atoms with E-state index >= 15 is 0 Å². The molecule has 0 saturated carbocycles. The van der Waals surface area contributed by atoms with E-state index in [9.17, 15) is 31.9 Å². The van der Waals surface area contributed by atoms with Crippen molar-refractivity contribution in [3.63, 3.8) is 0 Å². The first-order valence-corrected chi connectivity index (χ1v) is 11.5. The highest BCUT2D eigenvalue weighted by Crippen LogP contribution is 2.36. The fourth-order valence-electron chi connectivity index (χ4n) is 3.47. The molecule has 3 heterocycles. The van der Waals surface area contributed by atoms with Gasteiger partial charge in [-0.1, -0.05) is 17.7 Å². The van der Waals surface area contributed by atoms with Crippen molar-refractivity contribution in [3.8, 4) is 23.1 Å². The van der Waals surface area contributed by atoms with Crippen LogP contribution in [0, 0.1) is 5.82 Å². The molecule has 4 aromatic rings. The van der Waals surface area contributed by atoms with Crippen molar-refractivity contribution in [3.05, 3.63) is 104 Å². The smallest absolute Gasteiger partial charge is 0.431 e. The molecule has 0 radical (unpaired) electrons. The number of hydrogen-bond acceptors (Lipinski definition) is 7. The van der Waals surface area contributed by atoms with Crippen molar-refractivity contribution >= 4 is 17.6 Å². The molecule has 39 heavy (non-hydrogen) atoms. The third kappa shape index (κ3) is 6.14. The Morgan fingerprint density at radius 3 is 2.46 bits per heavy atom. The topological polar surface area (TPSA) is 105 Å². The van der Waals surface area contributed by atoms with Gasteiger partial charge in [-0.3, -0.25) is 19.1 Å². The van der Waals surface area contributed by atoms with Crippen LogP contribution >= 0.6 is 11.6 Å². The van der Waals surface area contributed by atoms with Gasteiger partial charge in [-0.15, -0.1) is 0 Å². The molecule has 4 rings (SSSR count). The lowest BCUT2D eigenvalue weighted by molar-refractivity contribution is -0.144. The maximum Gasteiger partial charge on any atom is 0.431 e. The lowest BCUT2D eigenvalue weighted by atomic mass is 10.2. The maximum absolute atomic E-state index is 14.8. The van der Waals surface area contributed by atoms with Crippen LogP contribution in [0.15, 0.2) is 70.5 Å². The summed E-state index contributed by atoms with van der Waals surface area (Å²) in [4.78, 5) is 45.5. The van der Waals surface area contributed by atoms with Crippen molar-refractivity contribution in [1.82, 2.24) is 19.1 Å². The number of nitrogens with zero attached hydrogens (tertiary/aromatic N) is 4. The zero-order valence-corrected chi connectivity index (χ0v) is 20.7. The molecule has 0 aliphatic heterocycles. The average molecular weight is 565 g/mol. The summed E-state index contributed by atoms with van der Waals surface area (Å²) in [6, 6.07) is 9.78. The predicted octanol–water partition coefficient (Wildman–Crippen LogP) is 4.47. The summed E-state index contributed by atoms with van der Waals surface area (Å²) in [6.07, 6.45) is -1.83. The second-order valence-electron chi connectivity index (χ2n) is 7.98. The standard InChI is InChI=1S/C25H17ClF4N4O5/c1-33-20(25(28,29)30)13-21(35)34(24(33)37)17-12-19(15(26)11-16(17)27)38-18-6-4-10-32-23(18)39-22(36)8-7-14-5-2-3-9-31-14/h2-6,9-13H,7-8H2,1H3. The zero-order valence-electron chi connectivity index (χ0n) is 19.9. The molecule has 0 aliphatic carbocycles. The molecule has 9 nitrogen and oxygen atoms in total. The highest BCUT2D eigenvalue weighted by atomic mass is 35.5. The molecule has 0 amide bonds. The van der Waals surface area contributed by atoms with E-state index in [-0.39, 0.29) is 44.0 Å². The fourth-order valence-corrected chi connectivity index (χ4v) is 3.66. The highest BCUT2D eigenvalue weighted by Gasteiger charge is 2.35. The van der Waals surface area contributed by atoms with Gasteiger partial charge in [0.1, 0.15) is 17.3 Å². The normalized spacial score (nSPS) is 11.3. The first kappa shape index (κ1) is 27.5. The molecule has 3 aromatic heterocycles. The number of esters is 1. The first-order chi connectivity index (χ1) is 18.5. The van der Waals surface area contributed by atoms with Gasteiger partial charge in [0.25, 0.3) is 11.4 Å². The molecule has 0 N–H and O–H groups in total. The Bertz CT molecular complexity index is 1660. The minimum atomic E-state index is -5.00. The number of benzene rings is 1. The Kier molecular flexibility index (Phi) is 7.81. The molecule has 0 bridgehead atoms. The predicted molar refractivity (Wildman–Crippen MR) is 130 cm³/mol. The van der Waals surface area contributed by atoms with Gasteiger partial charge in [0.2, 0.25) is 0 Å². The van der Waals surface area contributed by atoms with Gasteiger partial charge >= 0.3 is 17.8 Å². The van der Waals surface area contributed by atoms with Crippen LogP contribution < -0.4 is 20.7 Å². The van der Waals surface area contributed by atoms with E-state index in [4.69, 9.17) is 21.1 Å². The molecule has 0 atom stereocenters. The molecular weight excluding hydrogens is 548 g/mol. The molecule has 202 valence electrons. The summed E-state index contributed by atoms with van der Waals surface area (Å²) in [7, 11) is 0.788. The lowest BCUT2D eigenvalue weighted by Gasteiger charge is -2.16. The third-order valence-electron chi connectivity index (χ3n) is 5.33. The molecule has 0 saturated heterocycles. The van der Waals surface area contributed by atoms with Crippen molar-refractivity contribution in [2.24, 2.45) is 7.05 Å². The number of aryl methyl sites for hydroxylation is 1. The Labute approximate surface area is 221 Å². The average Bonchev–Trinajstić information content (AvgIpc) is 2.88. The van der Waals surface area contributed by atoms with Crippen LogP contribution in [-0.4, -0.2) is 25.1 Å². The van der Waals surface area contributed by atoms with Crippen LogP contribution in [0.5, 0.6) is 17.4 Å². The summed E-state index contributed by atoms with van der Waals surface area (Å²) in [5.74, 6) is -2.53. The molecule has 1 aromatic carbocycles. The second kappa shape index (κ2) is 11.1. The lowest BCUT2D eigenvalue weighted by Crippen LogP contribution is -2.41. The third-order valence-corrected chi connectivity index (χ3v) is 5.63. The van der Waals surface area contributed by atoms with Crippen LogP contribution in [0.1, 0.15) is 17.8 Å². The van der Waals surface area contributed by atoms with E-state index < -0.39 is 40.6 Å². The van der Waals surface area contributed by atoms with Crippen molar-refractivity contribution in [1.29, 1.82) is 0 Å². The fraction of sp³-hybridized carbons (Fsp3) is 0.160. The molecular formula is C25H17ClF4N4O5. The van der Waals surface area contributed by atoms with Crippen molar-refractivity contribution in [2.75, 3.05) is 0 Å². The summed E-state index contributed by atoms with van der Waals surface area (Å²) in [5.41, 5.74) is -4.44. The first-order valence-electron chi connectivity index (χ1n) is 11.1. The number of carbonyl (C=O) groups is 1. The van der Waals surface area contributed by atoms with E-state index in [1.807, 2.05) is 0 Å². The number of pyridine rings is 2. The molecule has 0 aliphatic rings. The minimum absolute atomic E-state index is 0.0331. The van der Waals surface area contributed by atoms with Gasteiger partial charge < -0.3 is 9.47 Å². The van der Waals surface area contributed by atoms with Gasteiger partial charge in [-0.2, -0.15) is 13.2 Å². The second-order valence-corrected chi connectivity index (χ2v) is 8.39. The van der Waals surface area contributed by atoms with Crippen LogP contribution in [0.2, 0.25) is 5.02 Å². The Morgan fingerprint density at radius 2 is 1.77 bits per heavy atom. The van der Waals surface area contributed by atoms with Crippen LogP contribution in [0.3, 0.4) is 0 Å². The number of hydrogen-bond donors (Lipinski definition) is 0. The Hall–Kier alpha value is -4.52. The summed E-state index contributed by atoms with van der Waals surface area (Å²) in [6.45, 7) is 0. The van der Waals surface area contributed by atoms with E-state index in [0.717, 1.165) is 13.1 Å². The van der Waals surface area contributed by atoms with Gasteiger partial charge in [0.15, 0.2) is 5.75 Å². The number of carbonyl (C=O) groups excluding carboxylic acids is 1. The van der Waals surface area contributed by atoms with Crippen LogP contribution in [0.4, 0.5) is 17.6 Å². The van der Waals surface area contributed by atoms with Gasteiger partial charge in [-0.25, -0.2) is 18.7 Å². The molecule has 0 unspecified atom stereocenters. The van der Waals surface area contributed by atoms with E-state index in [2.05, 4.69) is 9.97 Å². The monoisotopic (exact) mass is 564 g/mol. The molecule has 0 fully saturated rings. The van der Waals surface area contributed by atoms with Gasteiger partial charge in [0, 0.05) is 43.7 Å². The van der Waals surface area contributed by atoms with E-state index in [1.165, 1.54) is 18.3 Å². The largest absolute Gasteiger partial charge is 0.450 e. The number of ether oxygens (including phenoxy) is 2. The SMILES string of the molecule is Cn1c(C(F)(F)F)cc(=O)n(-c2cc(Oc3cccnc3OC(=O)CCc3ccccn3)c(Cl)cc2F)c1=O. The van der Waals surface area contributed by atoms with Crippen LogP contribution in [-0.2, 0) is 24.4 Å². The van der Waals surface area contributed by atoms with Gasteiger partial charge in [-0.05, 0) is 30.3 Å². The Balaban J connectivity index is 1.65. The summed E-state index contributed by atoms with van der Waals surface area (Å²) < 4.78 is 65.6. The van der Waals surface area contributed by atoms with Crippen molar-refractivity contribution < 1.29 is 31.8 Å². The van der Waals surface area contributed by atoms with Gasteiger partial charge in [0.05, 0.1) is 17.1 Å². The number of rotatable bonds is 7. The maximum atomic E-state index is 14.8. The summed E-state index contributed by atoms with van der Waals surface area (Å²) >= 11 is 6.09. The quantitative estimate of drug-likeness (QED) is 0.241. The number of alkyl halides is 3. The summed E-state index contributed by atoms with van der Waals surface area (Å²) in [5, 5.41) is -0.315. The minimum Gasteiger partial charge on any atom is -0.450 e. The van der Waals surface area contributed by atoms with Crippen LogP contribution in [0.25, 0.3) is 5.69 Å². The Morgan fingerprint density at radius 1 is 1.03 bits per heavy atom. The molecule has 0 spiro atoms. The highest BCUT2D eigenvalue weighted by molar-refractivity contribution is 6.32. The van der Waals surface area contributed by atoms with E-state index in [1.54, 1.807) is 24.4 Å². The number of aromatic nitrogens is 4. The van der Waals surface area contributed by atoms with Crippen molar-refractivity contribution in [2.45, 2.75) is 19.0 Å². The zero-order chi connectivity index (χ0) is 28.3.